The first-order valence-electron chi connectivity index (χ1n) is 2.29. The Morgan fingerprint density at radius 2 is 2.00 bits per heavy atom. The number of ketones is 1. The summed E-state index contributed by atoms with van der Waals surface area (Å²) in [6.07, 6.45) is 0. The Morgan fingerprint density at radius 1 is 1.56 bits per heavy atom. The third kappa shape index (κ3) is 2.20. The lowest BCUT2D eigenvalue weighted by Crippen LogP contribution is -2.42. The number of hydrogen-bond donors (Lipinski definition) is 3. The van der Waals surface area contributed by atoms with Crippen LogP contribution in [-0.2, 0) is 9.59 Å². The second-order valence-corrected chi connectivity index (χ2v) is 1.52. The fourth-order valence-corrected chi connectivity index (χ4v) is 0.266. The van der Waals surface area contributed by atoms with Gasteiger partial charge in [-0.1, -0.05) is 0 Å². The van der Waals surface area contributed by atoms with Crippen molar-refractivity contribution in [3.63, 3.8) is 0 Å². The molecule has 0 bridgehead atoms. The van der Waals surface area contributed by atoms with Crippen molar-refractivity contribution in [2.24, 2.45) is 11.5 Å². The van der Waals surface area contributed by atoms with Crippen molar-refractivity contribution in [2.45, 2.75) is 6.04 Å². The minimum atomic E-state index is -1.16. The normalized spacial score (nSPS) is 12.7. The Kier molecular flexibility index (Phi) is 2.83. The standard InChI is InChI=1S/C4H8N2O3/c5-2(1-7)3(8)4(6)9/h2,7H,1,5H2,(H2,6,9)/t2-/m0/s1. The van der Waals surface area contributed by atoms with Crippen molar-refractivity contribution >= 4 is 11.7 Å². The summed E-state index contributed by atoms with van der Waals surface area (Å²) in [5.41, 5.74) is 9.45. The van der Waals surface area contributed by atoms with E-state index in [9.17, 15) is 9.59 Å². The molecule has 0 saturated heterocycles. The summed E-state index contributed by atoms with van der Waals surface area (Å²) >= 11 is 0. The van der Waals surface area contributed by atoms with E-state index in [1.165, 1.54) is 0 Å². The number of nitrogens with two attached hydrogens (primary N) is 2. The molecule has 0 aliphatic heterocycles. The largest absolute Gasteiger partial charge is 0.394 e. The topological polar surface area (TPSA) is 106 Å². The van der Waals surface area contributed by atoms with Gasteiger partial charge in [-0.2, -0.15) is 0 Å². The zero-order valence-corrected chi connectivity index (χ0v) is 4.70. The molecular formula is C4H8N2O3. The minimum absolute atomic E-state index is 0.554. The van der Waals surface area contributed by atoms with Crippen LogP contribution in [0.4, 0.5) is 0 Å². The first kappa shape index (κ1) is 8.06. The van der Waals surface area contributed by atoms with E-state index in [1.54, 1.807) is 0 Å². The molecule has 0 aliphatic rings. The van der Waals surface area contributed by atoms with E-state index in [0.29, 0.717) is 0 Å². The number of rotatable bonds is 3. The molecule has 0 rings (SSSR count). The van der Waals surface area contributed by atoms with Gasteiger partial charge in [0.15, 0.2) is 0 Å². The summed E-state index contributed by atoms with van der Waals surface area (Å²) in [4.78, 5) is 20.3. The number of Topliss-reactive ketones (excluding diaryl/α,β-unsaturated/α-hetero) is 1. The summed E-state index contributed by atoms with van der Waals surface area (Å²) in [7, 11) is 0. The Balaban J connectivity index is 3.88. The average molecular weight is 132 g/mol. The highest BCUT2D eigenvalue weighted by Crippen LogP contribution is 1.77. The van der Waals surface area contributed by atoms with Gasteiger partial charge in [0.05, 0.1) is 12.6 Å². The molecule has 0 aromatic rings. The first-order chi connectivity index (χ1) is 4.09. The summed E-state index contributed by atoms with van der Waals surface area (Å²) in [5, 5.41) is 8.20. The predicted octanol–water partition coefficient (Wildman–Crippen LogP) is -2.64. The predicted molar refractivity (Wildman–Crippen MR) is 29.3 cm³/mol. The lowest BCUT2D eigenvalue weighted by atomic mass is 10.2. The molecule has 52 valence electrons. The van der Waals surface area contributed by atoms with Crippen LogP contribution >= 0.6 is 0 Å². The molecule has 0 saturated carbocycles. The molecule has 5 nitrogen and oxygen atoms in total. The number of hydrogen-bond acceptors (Lipinski definition) is 4. The zero-order valence-electron chi connectivity index (χ0n) is 4.70. The summed E-state index contributed by atoms with van der Waals surface area (Å²) in [6, 6.07) is -1.16. The van der Waals surface area contributed by atoms with Gasteiger partial charge < -0.3 is 16.6 Å². The molecule has 0 fully saturated rings. The first-order valence-corrected chi connectivity index (χ1v) is 2.29. The number of aliphatic hydroxyl groups is 1. The number of primary amides is 1. The SMILES string of the molecule is NC(=O)C(=O)[C@@H](N)CO. The summed E-state index contributed by atoms with van der Waals surface area (Å²) < 4.78 is 0. The van der Waals surface area contributed by atoms with Gasteiger partial charge in [-0.25, -0.2) is 0 Å². The molecule has 9 heavy (non-hydrogen) atoms. The average Bonchev–Trinajstić information content (AvgIpc) is 1.84. The third-order valence-corrected chi connectivity index (χ3v) is 0.776. The highest BCUT2D eigenvalue weighted by molar-refractivity contribution is 6.37. The van der Waals surface area contributed by atoms with Gasteiger partial charge in [-0.15, -0.1) is 0 Å². The van der Waals surface area contributed by atoms with Crippen LogP contribution in [0.5, 0.6) is 0 Å². The van der Waals surface area contributed by atoms with Gasteiger partial charge >= 0.3 is 0 Å². The molecule has 1 atom stereocenters. The van der Waals surface area contributed by atoms with Crippen LogP contribution in [0.1, 0.15) is 0 Å². The highest BCUT2D eigenvalue weighted by Gasteiger charge is 2.16. The van der Waals surface area contributed by atoms with Crippen LogP contribution in [0, 0.1) is 0 Å². The van der Waals surface area contributed by atoms with Crippen molar-refractivity contribution in [3.8, 4) is 0 Å². The van der Waals surface area contributed by atoms with Gasteiger partial charge in [0.1, 0.15) is 0 Å². The third-order valence-electron chi connectivity index (χ3n) is 0.776. The van der Waals surface area contributed by atoms with Crippen LogP contribution in [0.25, 0.3) is 0 Å². The highest BCUT2D eigenvalue weighted by atomic mass is 16.3. The molecule has 0 radical (unpaired) electrons. The van der Waals surface area contributed by atoms with Crippen LogP contribution in [0.15, 0.2) is 0 Å². The van der Waals surface area contributed by atoms with Crippen LogP contribution in [0.2, 0.25) is 0 Å². The van der Waals surface area contributed by atoms with E-state index >= 15 is 0 Å². The van der Waals surface area contributed by atoms with E-state index in [2.05, 4.69) is 5.73 Å². The molecule has 0 heterocycles. The monoisotopic (exact) mass is 132 g/mol. The number of amides is 1. The number of carbonyl (C=O) groups is 2. The van der Waals surface area contributed by atoms with Gasteiger partial charge in [-0.3, -0.25) is 9.59 Å². The molecule has 0 spiro atoms. The smallest absolute Gasteiger partial charge is 0.286 e. The Hall–Kier alpha value is -0.940. The van der Waals surface area contributed by atoms with E-state index in [1.807, 2.05) is 0 Å². The summed E-state index contributed by atoms with van der Waals surface area (Å²) in [6.45, 7) is -0.554. The maximum absolute atomic E-state index is 10.3. The van der Waals surface area contributed by atoms with E-state index in [4.69, 9.17) is 10.8 Å². The van der Waals surface area contributed by atoms with E-state index < -0.39 is 24.3 Å². The zero-order chi connectivity index (χ0) is 7.44. The van der Waals surface area contributed by atoms with Gasteiger partial charge in [0.25, 0.3) is 5.91 Å². The minimum Gasteiger partial charge on any atom is -0.394 e. The van der Waals surface area contributed by atoms with Crippen molar-refractivity contribution in [3.05, 3.63) is 0 Å². The fourth-order valence-electron chi connectivity index (χ4n) is 0.266. The van der Waals surface area contributed by atoms with Crippen LogP contribution in [-0.4, -0.2) is 29.4 Å². The maximum atomic E-state index is 10.3. The maximum Gasteiger partial charge on any atom is 0.286 e. The fraction of sp³-hybridized carbons (Fsp3) is 0.500. The Labute approximate surface area is 51.6 Å². The van der Waals surface area contributed by atoms with Crippen molar-refractivity contribution in [2.75, 3.05) is 6.61 Å². The second-order valence-electron chi connectivity index (χ2n) is 1.52. The molecule has 0 unspecified atom stereocenters. The number of carbonyl (C=O) groups excluding carboxylic acids is 2. The van der Waals surface area contributed by atoms with Gasteiger partial charge in [0.2, 0.25) is 5.78 Å². The molecular weight excluding hydrogens is 124 g/mol. The Morgan fingerprint density at radius 3 is 2.11 bits per heavy atom. The van der Waals surface area contributed by atoms with Gasteiger partial charge in [-0.05, 0) is 0 Å². The second kappa shape index (κ2) is 3.16. The van der Waals surface area contributed by atoms with Crippen LogP contribution in [0.3, 0.4) is 0 Å². The van der Waals surface area contributed by atoms with Crippen molar-refractivity contribution in [1.82, 2.24) is 0 Å². The Bertz CT molecular complexity index is 134. The molecule has 5 heteroatoms. The lowest BCUT2D eigenvalue weighted by Gasteiger charge is -2.00. The van der Waals surface area contributed by atoms with Crippen molar-refractivity contribution < 1.29 is 14.7 Å². The molecule has 0 aromatic heterocycles. The van der Waals surface area contributed by atoms with Crippen molar-refractivity contribution in [1.29, 1.82) is 0 Å². The van der Waals surface area contributed by atoms with Crippen LogP contribution < -0.4 is 11.5 Å². The summed E-state index contributed by atoms with van der Waals surface area (Å²) in [5.74, 6) is -2.06. The van der Waals surface area contributed by atoms with E-state index in [-0.39, 0.29) is 0 Å². The molecule has 0 aliphatic carbocycles. The van der Waals surface area contributed by atoms with Gasteiger partial charge in [0, 0.05) is 0 Å². The molecule has 1 amide bonds. The number of aliphatic hydroxyl groups excluding tert-OH is 1. The lowest BCUT2D eigenvalue weighted by molar-refractivity contribution is -0.137. The molecule has 5 N–H and O–H groups in total. The molecule has 0 aromatic carbocycles. The quantitative estimate of drug-likeness (QED) is 0.365. The van der Waals surface area contributed by atoms with E-state index in [0.717, 1.165) is 0 Å².